The van der Waals surface area contributed by atoms with Crippen molar-refractivity contribution in [2.24, 2.45) is 11.8 Å². The first kappa shape index (κ1) is 26.3. The number of anilines is 1. The van der Waals surface area contributed by atoms with Crippen LogP contribution < -0.4 is 9.64 Å². The molecule has 1 aromatic carbocycles. The molecule has 4 rings (SSSR count). The summed E-state index contributed by atoms with van der Waals surface area (Å²) in [5.41, 5.74) is 0.667. The normalized spacial score (nSPS) is 29.0. The number of rotatable bonds is 10. The van der Waals surface area contributed by atoms with Gasteiger partial charge in [-0.1, -0.05) is 12.2 Å². The summed E-state index contributed by atoms with van der Waals surface area (Å²) in [6.45, 7) is 9.69. The minimum Gasteiger partial charge on any atom is -0.497 e. The number of aliphatic hydroxyl groups is 1. The number of benzene rings is 1. The molecule has 1 aromatic rings. The zero-order valence-electron chi connectivity index (χ0n) is 21.1. The molecule has 3 amide bonds. The van der Waals surface area contributed by atoms with Gasteiger partial charge in [-0.05, 0) is 44.0 Å². The molecule has 0 aromatic heterocycles. The predicted octanol–water partition coefficient (Wildman–Crippen LogP) is 2.33. The van der Waals surface area contributed by atoms with Crippen LogP contribution in [0, 0.1) is 11.8 Å². The van der Waals surface area contributed by atoms with E-state index in [0.29, 0.717) is 24.4 Å². The molecule has 3 aliphatic heterocycles. The van der Waals surface area contributed by atoms with Crippen LogP contribution in [0.4, 0.5) is 5.69 Å². The van der Waals surface area contributed by atoms with Crippen LogP contribution in [-0.2, 0) is 14.4 Å². The van der Waals surface area contributed by atoms with Crippen molar-refractivity contribution in [2.45, 2.75) is 41.8 Å². The Kier molecular flexibility index (Phi) is 7.52. The van der Waals surface area contributed by atoms with Crippen molar-refractivity contribution in [2.75, 3.05) is 38.8 Å². The number of thioether (sulfide) groups is 1. The fourth-order valence-electron chi connectivity index (χ4n) is 6.11. The van der Waals surface area contributed by atoms with E-state index in [-0.39, 0.29) is 36.1 Å². The molecular formula is C27H35N3O5S. The van der Waals surface area contributed by atoms with Crippen LogP contribution in [-0.4, -0.2) is 88.6 Å². The first-order valence-corrected chi connectivity index (χ1v) is 13.2. The molecule has 3 fully saturated rings. The molecule has 8 nitrogen and oxygen atoms in total. The van der Waals surface area contributed by atoms with Gasteiger partial charge >= 0.3 is 0 Å². The summed E-state index contributed by atoms with van der Waals surface area (Å²) < 4.78 is 4.54. The van der Waals surface area contributed by atoms with Crippen LogP contribution in [0.3, 0.4) is 0 Å². The SMILES string of the molecule is C=CCN(C)C(=O)[C@@H]1[C@@H]2CCC3(S2)C(C(=O)N(CC=C)c2ccc(OC)cc2)N([C@H](C)CO)C(=O)[C@H]13. The Balaban J connectivity index is 1.77. The van der Waals surface area contributed by atoms with E-state index in [1.165, 1.54) is 0 Å². The molecule has 2 bridgehead atoms. The third-order valence-electron chi connectivity index (χ3n) is 7.74. The second-order valence-corrected chi connectivity index (χ2v) is 11.4. The van der Waals surface area contributed by atoms with Crippen LogP contribution in [0.15, 0.2) is 49.6 Å². The number of carbonyl (C=O) groups excluding carboxylic acids is 3. The Bertz CT molecular complexity index is 1050. The molecule has 2 unspecified atom stereocenters. The first-order chi connectivity index (χ1) is 17.2. The molecule has 6 atom stereocenters. The molecule has 0 radical (unpaired) electrons. The van der Waals surface area contributed by atoms with Crippen molar-refractivity contribution in [3.8, 4) is 5.75 Å². The number of carbonyl (C=O) groups is 3. The summed E-state index contributed by atoms with van der Waals surface area (Å²) in [6.07, 6.45) is 4.76. The van der Waals surface area contributed by atoms with Crippen LogP contribution in [0.1, 0.15) is 19.8 Å². The van der Waals surface area contributed by atoms with Crippen molar-refractivity contribution in [3.05, 3.63) is 49.6 Å². The molecule has 194 valence electrons. The standard InChI is InChI=1S/C27H35N3O5S/c1-6-14-28(4)24(32)21-20-12-13-27(36-20)22(21)25(33)30(17(3)16-31)23(27)26(34)29(15-7-2)18-8-10-19(35-5)11-9-18/h6-11,17,20-23,31H,1-2,12-16H2,3-5H3/t17-,20+,21-,22+,23?,27?/m1/s1. The molecule has 3 aliphatic rings. The number of hydrogen-bond donors (Lipinski definition) is 1. The molecule has 0 aliphatic carbocycles. The molecule has 36 heavy (non-hydrogen) atoms. The Hall–Kier alpha value is -2.78. The van der Waals surface area contributed by atoms with Crippen LogP contribution in [0.5, 0.6) is 5.75 Å². The number of methoxy groups -OCH3 is 1. The number of amides is 3. The van der Waals surface area contributed by atoms with Gasteiger partial charge in [0.25, 0.3) is 5.91 Å². The van der Waals surface area contributed by atoms with E-state index < -0.39 is 28.7 Å². The first-order valence-electron chi connectivity index (χ1n) is 12.3. The fourth-order valence-corrected chi connectivity index (χ4v) is 8.31. The number of likely N-dealkylation sites (tertiary alicyclic amines) is 1. The second kappa shape index (κ2) is 10.3. The van der Waals surface area contributed by atoms with Crippen molar-refractivity contribution in [3.63, 3.8) is 0 Å². The maximum absolute atomic E-state index is 14.4. The summed E-state index contributed by atoms with van der Waals surface area (Å²) in [7, 11) is 3.30. The summed E-state index contributed by atoms with van der Waals surface area (Å²) in [6, 6.07) is 5.83. The summed E-state index contributed by atoms with van der Waals surface area (Å²) in [4.78, 5) is 46.6. The van der Waals surface area contributed by atoms with Gasteiger partial charge < -0.3 is 24.5 Å². The lowest BCUT2D eigenvalue weighted by molar-refractivity contribution is -0.144. The van der Waals surface area contributed by atoms with Gasteiger partial charge in [-0.15, -0.1) is 24.9 Å². The molecule has 3 saturated heterocycles. The fraction of sp³-hybridized carbons (Fsp3) is 0.519. The topological polar surface area (TPSA) is 90.4 Å². The second-order valence-electron chi connectivity index (χ2n) is 9.78. The van der Waals surface area contributed by atoms with Gasteiger partial charge in [-0.3, -0.25) is 14.4 Å². The van der Waals surface area contributed by atoms with E-state index in [9.17, 15) is 19.5 Å². The average Bonchev–Trinajstić information content (AvgIpc) is 3.53. The predicted molar refractivity (Wildman–Crippen MR) is 141 cm³/mol. The lowest BCUT2D eigenvalue weighted by Gasteiger charge is -2.39. The van der Waals surface area contributed by atoms with Gasteiger partial charge in [0.15, 0.2) is 0 Å². The van der Waals surface area contributed by atoms with Crippen LogP contribution in [0.25, 0.3) is 0 Å². The van der Waals surface area contributed by atoms with Gasteiger partial charge in [0, 0.05) is 31.1 Å². The minimum atomic E-state index is -0.795. The van der Waals surface area contributed by atoms with Gasteiger partial charge in [-0.25, -0.2) is 0 Å². The number of likely N-dealkylation sites (N-methyl/N-ethyl adjacent to an activating group) is 1. The minimum absolute atomic E-state index is 0.0190. The number of hydrogen-bond acceptors (Lipinski definition) is 6. The zero-order valence-corrected chi connectivity index (χ0v) is 21.9. The molecule has 3 heterocycles. The number of ether oxygens (including phenoxy) is 1. The zero-order chi connectivity index (χ0) is 26.2. The molecule has 1 N–H and O–H groups in total. The molecule has 0 saturated carbocycles. The Morgan fingerprint density at radius 2 is 1.92 bits per heavy atom. The lowest BCUT2D eigenvalue weighted by atomic mass is 9.70. The van der Waals surface area contributed by atoms with Gasteiger partial charge in [0.1, 0.15) is 11.8 Å². The summed E-state index contributed by atoms with van der Waals surface area (Å²) in [5.74, 6) is -0.966. The monoisotopic (exact) mass is 513 g/mol. The van der Waals surface area contributed by atoms with Crippen molar-refractivity contribution in [1.29, 1.82) is 0 Å². The Labute approximate surface area is 216 Å². The highest BCUT2D eigenvalue weighted by Gasteiger charge is 2.74. The number of aliphatic hydroxyl groups excluding tert-OH is 1. The summed E-state index contributed by atoms with van der Waals surface area (Å²) in [5, 5.41) is 10.0. The van der Waals surface area contributed by atoms with Crippen molar-refractivity contribution in [1.82, 2.24) is 9.80 Å². The van der Waals surface area contributed by atoms with Crippen LogP contribution >= 0.6 is 11.8 Å². The van der Waals surface area contributed by atoms with Gasteiger partial charge in [0.2, 0.25) is 11.8 Å². The molecular weight excluding hydrogens is 478 g/mol. The smallest absolute Gasteiger partial charge is 0.251 e. The average molecular weight is 514 g/mol. The lowest BCUT2D eigenvalue weighted by Crippen LogP contribution is -2.57. The largest absolute Gasteiger partial charge is 0.497 e. The third-order valence-corrected chi connectivity index (χ3v) is 9.69. The molecule has 9 heteroatoms. The van der Waals surface area contributed by atoms with Crippen LogP contribution in [0.2, 0.25) is 0 Å². The highest BCUT2D eigenvalue weighted by Crippen LogP contribution is 2.67. The number of fused-ring (bicyclic) bond motifs is 1. The number of nitrogens with zero attached hydrogens (tertiary/aromatic N) is 3. The highest BCUT2D eigenvalue weighted by atomic mass is 32.2. The van der Waals surface area contributed by atoms with E-state index in [1.54, 1.807) is 71.8 Å². The summed E-state index contributed by atoms with van der Waals surface area (Å²) >= 11 is 1.62. The van der Waals surface area contributed by atoms with Crippen molar-refractivity contribution >= 4 is 35.2 Å². The molecule has 1 spiro atoms. The Morgan fingerprint density at radius 3 is 2.50 bits per heavy atom. The van der Waals surface area contributed by atoms with E-state index in [2.05, 4.69) is 13.2 Å². The maximum Gasteiger partial charge on any atom is 0.251 e. The third kappa shape index (κ3) is 4.02. The van der Waals surface area contributed by atoms with Crippen molar-refractivity contribution < 1.29 is 24.2 Å². The highest BCUT2D eigenvalue weighted by molar-refractivity contribution is 8.02. The van der Waals surface area contributed by atoms with E-state index in [4.69, 9.17) is 4.74 Å². The van der Waals surface area contributed by atoms with E-state index in [0.717, 1.165) is 6.42 Å². The quantitative estimate of drug-likeness (QED) is 0.483. The van der Waals surface area contributed by atoms with E-state index >= 15 is 0 Å². The van der Waals surface area contributed by atoms with Gasteiger partial charge in [0.05, 0.1) is 36.3 Å². The van der Waals surface area contributed by atoms with E-state index in [1.807, 2.05) is 12.1 Å². The maximum atomic E-state index is 14.4. The Morgan fingerprint density at radius 1 is 1.25 bits per heavy atom. The van der Waals surface area contributed by atoms with Gasteiger partial charge in [-0.2, -0.15) is 0 Å².